The fourth-order valence-electron chi connectivity index (χ4n) is 2.80. The molecule has 1 aromatic rings. The first-order chi connectivity index (χ1) is 11.1. The average molecular weight is 316 g/mol. The first-order valence-electron chi connectivity index (χ1n) is 8.40. The molecule has 1 aliphatic rings. The van der Waals surface area contributed by atoms with Crippen LogP contribution in [0.25, 0.3) is 0 Å². The highest BCUT2D eigenvalue weighted by atomic mass is 16.2. The topological polar surface area (TPSA) is 56.7 Å². The second kappa shape index (κ2) is 8.56. The molecular formula is C18H28N4O. The van der Waals surface area contributed by atoms with Gasteiger partial charge in [-0.3, -0.25) is 9.79 Å². The zero-order chi connectivity index (χ0) is 16.7. The minimum Gasteiger partial charge on any atom is -0.356 e. The van der Waals surface area contributed by atoms with Crippen molar-refractivity contribution in [3.8, 4) is 0 Å². The average Bonchev–Trinajstić information content (AvgIpc) is 3.02. The Labute approximate surface area is 139 Å². The molecule has 0 saturated carbocycles. The smallest absolute Gasteiger partial charge is 0.225 e. The van der Waals surface area contributed by atoms with E-state index in [1.54, 1.807) is 7.05 Å². The lowest BCUT2D eigenvalue weighted by Crippen LogP contribution is -2.45. The molecular weight excluding hydrogens is 288 g/mol. The Kier molecular flexibility index (Phi) is 6.44. The van der Waals surface area contributed by atoms with E-state index in [1.807, 2.05) is 24.8 Å². The molecule has 2 N–H and O–H groups in total. The minimum atomic E-state index is 0.0667. The van der Waals surface area contributed by atoms with Crippen LogP contribution in [0.5, 0.6) is 0 Å². The fourth-order valence-corrected chi connectivity index (χ4v) is 2.80. The van der Waals surface area contributed by atoms with Crippen LogP contribution in [-0.2, 0) is 11.2 Å². The number of aliphatic imine (C=N–C) groups is 1. The largest absolute Gasteiger partial charge is 0.356 e. The van der Waals surface area contributed by atoms with Crippen molar-refractivity contribution < 1.29 is 4.79 Å². The van der Waals surface area contributed by atoms with Crippen molar-refractivity contribution in [3.05, 3.63) is 35.9 Å². The van der Waals surface area contributed by atoms with Gasteiger partial charge in [0.05, 0.1) is 0 Å². The first-order valence-corrected chi connectivity index (χ1v) is 8.40. The van der Waals surface area contributed by atoms with E-state index in [4.69, 9.17) is 0 Å². The quantitative estimate of drug-likeness (QED) is 0.641. The molecule has 5 nitrogen and oxygen atoms in total. The number of carbonyl (C=O) groups excluding carboxylic acids is 1. The van der Waals surface area contributed by atoms with Gasteiger partial charge in [0, 0.05) is 38.6 Å². The van der Waals surface area contributed by atoms with E-state index in [1.165, 1.54) is 5.56 Å². The van der Waals surface area contributed by atoms with Crippen molar-refractivity contribution in [3.63, 3.8) is 0 Å². The molecule has 1 amide bonds. The minimum absolute atomic E-state index is 0.0667. The number of nitrogens with zero attached hydrogens (tertiary/aromatic N) is 2. The molecule has 1 aliphatic heterocycles. The summed E-state index contributed by atoms with van der Waals surface area (Å²) in [6, 6.07) is 10.7. The highest BCUT2D eigenvalue weighted by molar-refractivity contribution is 5.81. The van der Waals surface area contributed by atoms with E-state index in [0.29, 0.717) is 0 Å². The van der Waals surface area contributed by atoms with E-state index in [0.717, 1.165) is 38.4 Å². The van der Waals surface area contributed by atoms with Crippen LogP contribution in [0.1, 0.15) is 25.8 Å². The number of likely N-dealkylation sites (tertiary alicyclic amines) is 1. The number of hydrogen-bond acceptors (Lipinski definition) is 2. The molecule has 1 saturated heterocycles. The number of benzene rings is 1. The van der Waals surface area contributed by atoms with Gasteiger partial charge < -0.3 is 15.5 Å². The number of nitrogens with one attached hydrogen (secondary N) is 2. The molecule has 5 heteroatoms. The lowest BCUT2D eigenvalue weighted by molar-refractivity contribution is -0.133. The van der Waals surface area contributed by atoms with Crippen LogP contribution in [0, 0.1) is 5.92 Å². The van der Waals surface area contributed by atoms with Gasteiger partial charge in [-0.05, 0) is 18.4 Å². The molecule has 0 radical (unpaired) electrons. The monoisotopic (exact) mass is 316 g/mol. The van der Waals surface area contributed by atoms with Crippen LogP contribution >= 0.6 is 0 Å². The Morgan fingerprint density at radius 1 is 1.35 bits per heavy atom. The predicted octanol–water partition coefficient (Wildman–Crippen LogP) is 1.65. The maximum absolute atomic E-state index is 12.0. The zero-order valence-corrected chi connectivity index (χ0v) is 14.4. The lowest BCUT2D eigenvalue weighted by Gasteiger charge is -2.20. The van der Waals surface area contributed by atoms with E-state index in [2.05, 4.69) is 39.9 Å². The highest BCUT2D eigenvalue weighted by Crippen LogP contribution is 2.12. The Hall–Kier alpha value is -2.04. The summed E-state index contributed by atoms with van der Waals surface area (Å²) in [7, 11) is 1.78. The Bertz CT molecular complexity index is 527. The molecule has 1 unspecified atom stereocenters. The van der Waals surface area contributed by atoms with Crippen LogP contribution < -0.4 is 10.6 Å². The van der Waals surface area contributed by atoms with Gasteiger partial charge in [-0.25, -0.2) is 0 Å². The van der Waals surface area contributed by atoms with Gasteiger partial charge in [-0.2, -0.15) is 0 Å². The number of carbonyl (C=O) groups is 1. The summed E-state index contributed by atoms with van der Waals surface area (Å²) >= 11 is 0. The summed E-state index contributed by atoms with van der Waals surface area (Å²) in [6.45, 7) is 6.33. The SMILES string of the molecule is CN=C(NCCc1ccccc1)NC1CCN(C(=O)C(C)C)C1. The summed E-state index contributed by atoms with van der Waals surface area (Å²) in [5, 5.41) is 6.77. The molecule has 1 heterocycles. The van der Waals surface area contributed by atoms with Gasteiger partial charge in [0.2, 0.25) is 5.91 Å². The molecule has 1 fully saturated rings. The van der Waals surface area contributed by atoms with E-state index in [-0.39, 0.29) is 17.9 Å². The normalized spacial score (nSPS) is 18.3. The van der Waals surface area contributed by atoms with Gasteiger partial charge in [0.15, 0.2) is 5.96 Å². The van der Waals surface area contributed by atoms with E-state index >= 15 is 0 Å². The highest BCUT2D eigenvalue weighted by Gasteiger charge is 2.27. The van der Waals surface area contributed by atoms with Crippen LogP contribution in [-0.4, -0.2) is 49.5 Å². The summed E-state index contributed by atoms with van der Waals surface area (Å²) in [5.41, 5.74) is 1.31. The Morgan fingerprint density at radius 2 is 2.09 bits per heavy atom. The van der Waals surface area contributed by atoms with Gasteiger partial charge in [0.25, 0.3) is 0 Å². The maximum atomic E-state index is 12.0. The summed E-state index contributed by atoms with van der Waals surface area (Å²) < 4.78 is 0. The molecule has 1 aromatic carbocycles. The van der Waals surface area contributed by atoms with Gasteiger partial charge in [-0.1, -0.05) is 44.2 Å². The number of rotatable bonds is 5. The third kappa shape index (κ3) is 5.27. The van der Waals surface area contributed by atoms with Crippen LogP contribution in [0.2, 0.25) is 0 Å². The summed E-state index contributed by atoms with van der Waals surface area (Å²) in [4.78, 5) is 18.2. The summed E-state index contributed by atoms with van der Waals surface area (Å²) in [5.74, 6) is 1.11. The van der Waals surface area contributed by atoms with Gasteiger partial charge in [-0.15, -0.1) is 0 Å². The lowest BCUT2D eigenvalue weighted by atomic mass is 10.1. The standard InChI is InChI=1S/C18H28N4O/c1-14(2)17(23)22-12-10-16(13-22)21-18(19-3)20-11-9-15-7-5-4-6-8-15/h4-8,14,16H,9-13H2,1-3H3,(H2,19,20,21). The summed E-state index contributed by atoms with van der Waals surface area (Å²) in [6.07, 6.45) is 1.93. The Balaban J connectivity index is 1.74. The van der Waals surface area contributed by atoms with Crippen molar-refractivity contribution in [2.24, 2.45) is 10.9 Å². The molecule has 1 atom stereocenters. The molecule has 0 bridgehead atoms. The van der Waals surface area contributed by atoms with E-state index in [9.17, 15) is 4.79 Å². The third-order valence-corrected chi connectivity index (χ3v) is 4.11. The van der Waals surface area contributed by atoms with Crippen molar-refractivity contribution in [2.75, 3.05) is 26.7 Å². The number of guanidine groups is 1. The Morgan fingerprint density at radius 3 is 2.74 bits per heavy atom. The van der Waals surface area contributed by atoms with E-state index < -0.39 is 0 Å². The second-order valence-corrected chi connectivity index (χ2v) is 6.30. The fraction of sp³-hybridized carbons (Fsp3) is 0.556. The van der Waals surface area contributed by atoms with Crippen molar-refractivity contribution in [2.45, 2.75) is 32.7 Å². The van der Waals surface area contributed by atoms with Crippen LogP contribution in [0.4, 0.5) is 0 Å². The maximum Gasteiger partial charge on any atom is 0.225 e. The van der Waals surface area contributed by atoms with Crippen molar-refractivity contribution in [1.82, 2.24) is 15.5 Å². The first kappa shape index (κ1) is 17.3. The number of hydrogen-bond donors (Lipinski definition) is 2. The van der Waals surface area contributed by atoms with Gasteiger partial charge in [0.1, 0.15) is 0 Å². The molecule has 0 aliphatic carbocycles. The van der Waals surface area contributed by atoms with Gasteiger partial charge >= 0.3 is 0 Å². The molecule has 2 rings (SSSR count). The van der Waals surface area contributed by atoms with Crippen LogP contribution in [0.15, 0.2) is 35.3 Å². The van der Waals surface area contributed by atoms with Crippen molar-refractivity contribution in [1.29, 1.82) is 0 Å². The van der Waals surface area contributed by atoms with Crippen LogP contribution in [0.3, 0.4) is 0 Å². The molecule has 126 valence electrons. The molecule has 23 heavy (non-hydrogen) atoms. The number of amides is 1. The second-order valence-electron chi connectivity index (χ2n) is 6.30. The molecule has 0 aromatic heterocycles. The molecule has 0 spiro atoms. The van der Waals surface area contributed by atoms with Crippen molar-refractivity contribution >= 4 is 11.9 Å². The third-order valence-electron chi connectivity index (χ3n) is 4.11. The predicted molar refractivity (Wildman–Crippen MR) is 94.5 cm³/mol. The zero-order valence-electron chi connectivity index (χ0n) is 14.4.